The third-order valence-corrected chi connectivity index (χ3v) is 8.43. The van der Waals surface area contributed by atoms with E-state index in [4.69, 9.17) is 34.0 Å². The maximum Gasteiger partial charge on any atom is 0.231 e. The van der Waals surface area contributed by atoms with E-state index in [1.165, 1.54) is 0 Å². The van der Waals surface area contributed by atoms with Crippen LogP contribution in [0.3, 0.4) is 0 Å². The number of rotatable bonds is 10. The van der Waals surface area contributed by atoms with Crippen LogP contribution in [0, 0.1) is 0 Å². The number of aromatic nitrogens is 6. The predicted octanol–water partition coefficient (Wildman–Crippen LogP) is 4.46. The Balaban J connectivity index is 1.32. The molecule has 0 radical (unpaired) electrons. The number of methoxy groups -OCH3 is 2. The Bertz CT molecular complexity index is 1790. The Labute approximate surface area is 267 Å². The number of hydrogen-bond donors (Lipinski definition) is 2. The molecule has 2 aliphatic rings. The molecule has 0 amide bonds. The average Bonchev–Trinajstić information content (AvgIpc) is 3.69. The zero-order valence-corrected chi connectivity index (χ0v) is 26.4. The van der Waals surface area contributed by atoms with Gasteiger partial charge in [-0.3, -0.25) is 4.68 Å². The van der Waals surface area contributed by atoms with Crippen LogP contribution in [0.25, 0.3) is 22.3 Å². The van der Waals surface area contributed by atoms with Crippen LogP contribution in [0.4, 0.5) is 23.1 Å². The summed E-state index contributed by atoms with van der Waals surface area (Å²) in [7, 11) is 5.24. The number of aryl methyl sites for hydroxylation is 1. The van der Waals surface area contributed by atoms with E-state index in [0.717, 1.165) is 65.3 Å². The molecule has 0 aliphatic carbocycles. The number of ether oxygens (including phenoxy) is 4. The molecule has 0 spiro atoms. The summed E-state index contributed by atoms with van der Waals surface area (Å²) in [5.41, 5.74) is 5.28. The highest BCUT2D eigenvalue weighted by Crippen LogP contribution is 2.36. The fraction of sp³-hybridized carbons (Fsp3) is 0.394. The SMILES string of the molecule is COc1ccc(Cn2nc(-c3cnn(C)c3)c3c(NC4CCOCC4)nc(Nc4ccc(N5CCOCC5)cc4OC)nc32)cc1. The van der Waals surface area contributed by atoms with Crippen molar-refractivity contribution in [2.24, 2.45) is 7.05 Å². The number of anilines is 4. The van der Waals surface area contributed by atoms with Gasteiger partial charge in [0.05, 0.1) is 51.2 Å². The molecule has 13 nitrogen and oxygen atoms in total. The van der Waals surface area contributed by atoms with Gasteiger partial charge in [0.15, 0.2) is 5.65 Å². The molecule has 0 atom stereocenters. The second-order valence-electron chi connectivity index (χ2n) is 11.5. The van der Waals surface area contributed by atoms with Crippen molar-refractivity contribution in [2.45, 2.75) is 25.4 Å². The van der Waals surface area contributed by atoms with Crippen molar-refractivity contribution < 1.29 is 18.9 Å². The minimum absolute atomic E-state index is 0.203. The number of nitrogens with one attached hydrogen (secondary N) is 2. The van der Waals surface area contributed by atoms with E-state index in [1.54, 1.807) is 18.9 Å². The van der Waals surface area contributed by atoms with E-state index in [0.29, 0.717) is 56.1 Å². The molecular formula is C33H39N9O4. The molecule has 2 fully saturated rings. The minimum atomic E-state index is 0.203. The van der Waals surface area contributed by atoms with Gasteiger partial charge in [0.25, 0.3) is 0 Å². The van der Waals surface area contributed by atoms with Gasteiger partial charge in [-0.25, -0.2) is 4.68 Å². The molecule has 5 heterocycles. The van der Waals surface area contributed by atoms with E-state index in [9.17, 15) is 0 Å². The summed E-state index contributed by atoms with van der Waals surface area (Å²) in [6.45, 7) is 5.02. The molecule has 240 valence electrons. The van der Waals surface area contributed by atoms with Crippen LogP contribution in [-0.4, -0.2) is 89.3 Å². The second-order valence-corrected chi connectivity index (χ2v) is 11.5. The quantitative estimate of drug-likeness (QED) is 0.228. The molecule has 2 N–H and O–H groups in total. The third kappa shape index (κ3) is 6.28. The first-order valence-corrected chi connectivity index (χ1v) is 15.6. The second kappa shape index (κ2) is 13.2. The first kappa shape index (κ1) is 29.8. The lowest BCUT2D eigenvalue weighted by molar-refractivity contribution is 0.0904. The maximum absolute atomic E-state index is 5.83. The van der Waals surface area contributed by atoms with Crippen molar-refractivity contribution in [3.63, 3.8) is 0 Å². The van der Waals surface area contributed by atoms with Gasteiger partial charge in [0.2, 0.25) is 5.95 Å². The molecule has 5 aromatic rings. The summed E-state index contributed by atoms with van der Waals surface area (Å²) in [5, 5.41) is 17.6. The number of fused-ring (bicyclic) bond motifs is 1. The molecular weight excluding hydrogens is 586 g/mol. The topological polar surface area (TPSA) is 126 Å². The van der Waals surface area contributed by atoms with Crippen molar-refractivity contribution in [3.05, 3.63) is 60.4 Å². The van der Waals surface area contributed by atoms with Crippen molar-refractivity contribution in [1.29, 1.82) is 0 Å². The number of benzene rings is 2. The van der Waals surface area contributed by atoms with Crippen molar-refractivity contribution in [1.82, 2.24) is 29.5 Å². The minimum Gasteiger partial charge on any atom is -0.497 e. The number of hydrogen-bond acceptors (Lipinski definition) is 11. The van der Waals surface area contributed by atoms with E-state index < -0.39 is 0 Å². The van der Waals surface area contributed by atoms with Crippen LogP contribution in [0.1, 0.15) is 18.4 Å². The summed E-state index contributed by atoms with van der Waals surface area (Å²) >= 11 is 0. The summed E-state index contributed by atoms with van der Waals surface area (Å²) in [5.74, 6) is 2.65. The molecule has 0 saturated carbocycles. The lowest BCUT2D eigenvalue weighted by atomic mass is 10.1. The Morgan fingerprint density at radius 3 is 2.43 bits per heavy atom. The molecule has 46 heavy (non-hydrogen) atoms. The van der Waals surface area contributed by atoms with E-state index in [2.05, 4.69) is 26.7 Å². The Morgan fingerprint density at radius 2 is 1.72 bits per heavy atom. The Kier molecular flexibility index (Phi) is 8.57. The first-order valence-electron chi connectivity index (χ1n) is 15.6. The highest BCUT2D eigenvalue weighted by atomic mass is 16.5. The van der Waals surface area contributed by atoms with Gasteiger partial charge in [-0.05, 0) is 42.7 Å². The lowest BCUT2D eigenvalue weighted by Crippen LogP contribution is -2.36. The van der Waals surface area contributed by atoms with Crippen LogP contribution < -0.4 is 25.0 Å². The van der Waals surface area contributed by atoms with Gasteiger partial charge < -0.3 is 34.5 Å². The molecule has 7 rings (SSSR count). The average molecular weight is 626 g/mol. The first-order chi connectivity index (χ1) is 22.6. The van der Waals surface area contributed by atoms with Crippen LogP contribution >= 0.6 is 0 Å². The number of nitrogens with zero attached hydrogens (tertiary/aromatic N) is 7. The standard InChI is InChI=1S/C33H39N9O4/c1-40-21-23(19-34-40)30-29-31(35-24-10-14-45-15-11-24)37-33(38-32(29)42(39-30)20-22-4-7-26(43-2)8-5-22)36-27-9-6-25(18-28(27)44-3)41-12-16-46-17-13-41/h4-9,18-19,21,24H,10-17,20H2,1-3H3,(H2,35,36,37,38). The maximum atomic E-state index is 5.83. The monoisotopic (exact) mass is 625 g/mol. The normalized spacial score (nSPS) is 15.7. The van der Waals surface area contributed by atoms with Gasteiger partial charge in [0, 0.05) is 62.9 Å². The van der Waals surface area contributed by atoms with Crippen molar-refractivity contribution >= 4 is 34.2 Å². The summed E-state index contributed by atoms with van der Waals surface area (Å²) in [6.07, 6.45) is 5.55. The van der Waals surface area contributed by atoms with Crippen LogP contribution in [0.5, 0.6) is 11.5 Å². The van der Waals surface area contributed by atoms with Gasteiger partial charge in [0.1, 0.15) is 23.0 Å². The van der Waals surface area contributed by atoms with Crippen LogP contribution in [0.15, 0.2) is 54.9 Å². The smallest absolute Gasteiger partial charge is 0.231 e. The van der Waals surface area contributed by atoms with E-state index in [-0.39, 0.29) is 6.04 Å². The van der Waals surface area contributed by atoms with Gasteiger partial charge in [-0.15, -0.1) is 0 Å². The molecule has 2 saturated heterocycles. The molecule has 3 aromatic heterocycles. The molecule has 13 heteroatoms. The highest BCUT2D eigenvalue weighted by Gasteiger charge is 2.24. The fourth-order valence-corrected chi connectivity index (χ4v) is 5.95. The summed E-state index contributed by atoms with van der Waals surface area (Å²) in [6, 6.07) is 14.3. The Morgan fingerprint density at radius 1 is 0.935 bits per heavy atom. The summed E-state index contributed by atoms with van der Waals surface area (Å²) < 4.78 is 26.1. The Hall–Kier alpha value is -4.88. The predicted molar refractivity (Wildman–Crippen MR) is 176 cm³/mol. The van der Waals surface area contributed by atoms with E-state index >= 15 is 0 Å². The lowest BCUT2D eigenvalue weighted by Gasteiger charge is -2.29. The van der Waals surface area contributed by atoms with Gasteiger partial charge in [-0.2, -0.15) is 20.2 Å². The van der Waals surface area contributed by atoms with Gasteiger partial charge in [-0.1, -0.05) is 12.1 Å². The largest absolute Gasteiger partial charge is 0.497 e. The highest BCUT2D eigenvalue weighted by molar-refractivity contribution is 6.00. The van der Waals surface area contributed by atoms with Crippen molar-refractivity contribution in [3.8, 4) is 22.8 Å². The van der Waals surface area contributed by atoms with Crippen molar-refractivity contribution in [2.75, 3.05) is 69.3 Å². The third-order valence-electron chi connectivity index (χ3n) is 8.43. The van der Waals surface area contributed by atoms with E-state index in [1.807, 2.05) is 60.5 Å². The fourth-order valence-electron chi connectivity index (χ4n) is 5.95. The summed E-state index contributed by atoms with van der Waals surface area (Å²) in [4.78, 5) is 12.4. The van der Waals surface area contributed by atoms with Gasteiger partial charge >= 0.3 is 0 Å². The molecule has 2 aliphatic heterocycles. The number of morpholine rings is 1. The molecule has 0 unspecified atom stereocenters. The molecule has 0 bridgehead atoms. The molecule has 2 aromatic carbocycles. The van der Waals surface area contributed by atoms with Crippen LogP contribution in [0.2, 0.25) is 0 Å². The van der Waals surface area contributed by atoms with Crippen LogP contribution in [-0.2, 0) is 23.1 Å². The zero-order chi connectivity index (χ0) is 31.5. The zero-order valence-electron chi connectivity index (χ0n) is 26.4.